The Morgan fingerprint density at radius 3 is 2.33 bits per heavy atom. The van der Waals surface area contributed by atoms with Crippen molar-refractivity contribution in [3.8, 4) is 17.2 Å². The summed E-state index contributed by atoms with van der Waals surface area (Å²) >= 11 is 1.12. The molecular weight excluding hydrogens is 482 g/mol. The molecule has 36 heavy (non-hydrogen) atoms. The molecule has 4 rings (SSSR count). The van der Waals surface area contributed by atoms with Crippen molar-refractivity contribution >= 4 is 39.0 Å². The second-order valence-corrected chi connectivity index (χ2v) is 8.84. The summed E-state index contributed by atoms with van der Waals surface area (Å²) in [5, 5.41) is 9.52. The Hall–Kier alpha value is -4.18. The van der Waals surface area contributed by atoms with Crippen LogP contribution in [0.4, 0.5) is 5.00 Å². The zero-order chi connectivity index (χ0) is 26.0. The number of hydrogen-bond donors (Lipinski definition) is 1. The Kier molecular flexibility index (Phi) is 7.07. The van der Waals surface area contributed by atoms with Gasteiger partial charge in [-0.3, -0.25) is 9.59 Å². The third kappa shape index (κ3) is 4.67. The smallest absolute Gasteiger partial charge is 0.359 e. The van der Waals surface area contributed by atoms with Gasteiger partial charge in [0.25, 0.3) is 11.5 Å². The van der Waals surface area contributed by atoms with Gasteiger partial charge in [-0.25, -0.2) is 4.79 Å². The van der Waals surface area contributed by atoms with Crippen LogP contribution in [0, 0.1) is 13.8 Å². The molecule has 4 aromatic rings. The van der Waals surface area contributed by atoms with Gasteiger partial charge in [0, 0.05) is 22.4 Å². The number of ether oxygens (including phenoxy) is 3. The molecule has 0 aliphatic heterocycles. The molecule has 0 bridgehead atoms. The van der Waals surface area contributed by atoms with E-state index in [0.29, 0.717) is 22.6 Å². The first-order valence-electron chi connectivity index (χ1n) is 11.1. The molecule has 0 spiro atoms. The number of esters is 1. The molecule has 0 radical (unpaired) electrons. The van der Waals surface area contributed by atoms with E-state index in [2.05, 4.69) is 10.4 Å². The number of benzene rings is 2. The number of anilines is 1. The molecule has 9 nitrogen and oxygen atoms in total. The number of amides is 1. The fourth-order valence-electron chi connectivity index (χ4n) is 3.64. The van der Waals surface area contributed by atoms with Gasteiger partial charge in [-0.1, -0.05) is 6.07 Å². The molecule has 10 heteroatoms. The minimum Gasteiger partial charge on any atom is -0.497 e. The highest BCUT2D eigenvalue weighted by atomic mass is 32.1. The van der Waals surface area contributed by atoms with E-state index in [1.807, 2.05) is 26.0 Å². The maximum absolute atomic E-state index is 13.6. The second kappa shape index (κ2) is 10.2. The van der Waals surface area contributed by atoms with Crippen LogP contribution >= 0.6 is 11.3 Å². The minimum atomic E-state index is -0.659. The summed E-state index contributed by atoms with van der Waals surface area (Å²) in [7, 11) is 2.98. The summed E-state index contributed by atoms with van der Waals surface area (Å²) in [4.78, 5) is 39.5. The maximum Gasteiger partial charge on any atom is 0.359 e. The van der Waals surface area contributed by atoms with Crippen LogP contribution in [0.2, 0.25) is 0 Å². The summed E-state index contributed by atoms with van der Waals surface area (Å²) in [5.41, 5.74) is 2.31. The lowest BCUT2D eigenvalue weighted by molar-refractivity contribution is 0.0520. The van der Waals surface area contributed by atoms with E-state index in [1.54, 1.807) is 36.6 Å². The monoisotopic (exact) mass is 507 g/mol. The van der Waals surface area contributed by atoms with Gasteiger partial charge in [0.1, 0.15) is 16.5 Å². The second-order valence-electron chi connectivity index (χ2n) is 7.96. The van der Waals surface area contributed by atoms with Crippen LogP contribution < -0.4 is 20.3 Å². The maximum atomic E-state index is 13.6. The Balaban J connectivity index is 1.87. The fourth-order valence-corrected chi connectivity index (χ4v) is 4.57. The van der Waals surface area contributed by atoms with Gasteiger partial charge in [0.15, 0.2) is 5.69 Å². The van der Waals surface area contributed by atoms with Crippen molar-refractivity contribution in [3.05, 3.63) is 74.5 Å². The Bertz CT molecular complexity index is 1520. The number of carbonyl (C=O) groups is 2. The van der Waals surface area contributed by atoms with Gasteiger partial charge >= 0.3 is 5.97 Å². The van der Waals surface area contributed by atoms with Crippen LogP contribution in [0.25, 0.3) is 16.5 Å². The topological polar surface area (TPSA) is 109 Å². The quantitative estimate of drug-likeness (QED) is 0.367. The number of methoxy groups -OCH3 is 2. The molecule has 0 aliphatic rings. The van der Waals surface area contributed by atoms with Gasteiger partial charge in [0.2, 0.25) is 0 Å². The van der Waals surface area contributed by atoms with Crippen LogP contribution in [-0.2, 0) is 4.74 Å². The molecule has 2 heterocycles. The van der Waals surface area contributed by atoms with Gasteiger partial charge in [-0.15, -0.1) is 11.3 Å². The lowest BCUT2D eigenvalue weighted by Gasteiger charge is -2.11. The van der Waals surface area contributed by atoms with Crippen molar-refractivity contribution < 1.29 is 23.8 Å². The molecular formula is C26H25N3O6S. The van der Waals surface area contributed by atoms with Gasteiger partial charge < -0.3 is 19.5 Å². The number of hydrogen-bond acceptors (Lipinski definition) is 8. The first-order chi connectivity index (χ1) is 17.3. The molecule has 1 N–H and O–H groups in total. The minimum absolute atomic E-state index is 0.00974. The number of rotatable bonds is 7. The molecule has 0 saturated heterocycles. The van der Waals surface area contributed by atoms with E-state index in [-0.39, 0.29) is 28.3 Å². The van der Waals surface area contributed by atoms with Gasteiger partial charge in [-0.05, 0) is 56.2 Å². The first kappa shape index (κ1) is 24.9. The normalized spacial score (nSPS) is 10.8. The van der Waals surface area contributed by atoms with Crippen molar-refractivity contribution in [3.63, 3.8) is 0 Å². The lowest BCUT2D eigenvalue weighted by atomic mass is 10.1. The van der Waals surface area contributed by atoms with E-state index in [1.165, 1.54) is 14.2 Å². The lowest BCUT2D eigenvalue weighted by Crippen LogP contribution is -2.25. The molecule has 0 atom stereocenters. The number of nitrogens with one attached hydrogen (secondary N) is 1. The number of fused-ring (bicyclic) bond motifs is 1. The fraction of sp³-hybridized carbons (Fsp3) is 0.231. The number of thiophene rings is 1. The van der Waals surface area contributed by atoms with Crippen molar-refractivity contribution in [1.29, 1.82) is 0 Å². The third-order valence-corrected chi connectivity index (χ3v) is 6.59. The summed E-state index contributed by atoms with van der Waals surface area (Å²) in [5.74, 6) is -0.237. The predicted molar refractivity (Wildman–Crippen MR) is 138 cm³/mol. The van der Waals surface area contributed by atoms with E-state index in [9.17, 15) is 14.4 Å². The summed E-state index contributed by atoms with van der Waals surface area (Å²) in [6, 6.07) is 10.2. The zero-order valence-electron chi connectivity index (χ0n) is 20.5. The highest BCUT2D eigenvalue weighted by Crippen LogP contribution is 2.32. The standard InChI is InChI=1S/C26H25N3O6S/c1-6-35-26(32)22-20-13-36-24(27-23(30)16-10-18(33-4)12-19(11-16)34-5)21(20)25(31)29(28-22)17-8-7-14(2)15(3)9-17/h7-13H,6H2,1-5H3,(H,27,30). The molecule has 0 saturated carbocycles. The van der Waals surface area contributed by atoms with Crippen molar-refractivity contribution in [2.75, 3.05) is 26.1 Å². The van der Waals surface area contributed by atoms with Crippen molar-refractivity contribution in [2.45, 2.75) is 20.8 Å². The number of carbonyl (C=O) groups excluding carboxylic acids is 2. The van der Waals surface area contributed by atoms with E-state index < -0.39 is 17.4 Å². The zero-order valence-corrected chi connectivity index (χ0v) is 21.3. The summed E-state index contributed by atoms with van der Waals surface area (Å²) in [6.07, 6.45) is 0. The highest BCUT2D eigenvalue weighted by Gasteiger charge is 2.24. The number of nitrogens with zero attached hydrogens (tertiary/aromatic N) is 2. The Labute approximate surface area is 211 Å². The molecule has 0 aliphatic carbocycles. The van der Waals surface area contributed by atoms with Gasteiger partial charge in [-0.2, -0.15) is 9.78 Å². The first-order valence-corrected chi connectivity index (χ1v) is 12.0. The largest absolute Gasteiger partial charge is 0.497 e. The van der Waals surface area contributed by atoms with E-state index >= 15 is 0 Å². The van der Waals surface area contributed by atoms with Crippen molar-refractivity contribution in [1.82, 2.24) is 9.78 Å². The average molecular weight is 508 g/mol. The molecule has 0 unspecified atom stereocenters. The van der Waals surface area contributed by atoms with Crippen LogP contribution in [0.15, 0.2) is 46.6 Å². The summed E-state index contributed by atoms with van der Waals surface area (Å²) in [6.45, 7) is 5.72. The van der Waals surface area contributed by atoms with E-state index in [0.717, 1.165) is 27.1 Å². The van der Waals surface area contributed by atoms with Crippen LogP contribution in [0.5, 0.6) is 11.5 Å². The molecule has 186 valence electrons. The molecule has 1 amide bonds. The number of aryl methyl sites for hydroxylation is 2. The van der Waals surface area contributed by atoms with Crippen LogP contribution in [0.1, 0.15) is 38.9 Å². The van der Waals surface area contributed by atoms with E-state index in [4.69, 9.17) is 14.2 Å². The molecule has 0 fully saturated rings. The van der Waals surface area contributed by atoms with Crippen LogP contribution in [-0.4, -0.2) is 42.5 Å². The Morgan fingerprint density at radius 2 is 1.72 bits per heavy atom. The average Bonchev–Trinajstić information content (AvgIpc) is 3.29. The predicted octanol–water partition coefficient (Wildman–Crippen LogP) is 4.51. The van der Waals surface area contributed by atoms with Crippen molar-refractivity contribution in [2.24, 2.45) is 0 Å². The SMILES string of the molecule is CCOC(=O)c1nn(-c2ccc(C)c(C)c2)c(=O)c2c(NC(=O)c3cc(OC)cc(OC)c3)scc12. The van der Waals surface area contributed by atoms with Crippen LogP contribution in [0.3, 0.4) is 0 Å². The molecule has 2 aromatic carbocycles. The third-order valence-electron chi connectivity index (χ3n) is 5.70. The molecule has 2 aromatic heterocycles. The summed E-state index contributed by atoms with van der Waals surface area (Å²) < 4.78 is 16.9. The number of aromatic nitrogens is 2. The van der Waals surface area contributed by atoms with Gasteiger partial charge in [0.05, 0.1) is 31.9 Å². The highest BCUT2D eigenvalue weighted by molar-refractivity contribution is 7.16. The Morgan fingerprint density at radius 1 is 1.03 bits per heavy atom.